The summed E-state index contributed by atoms with van der Waals surface area (Å²) in [4.78, 5) is 41.3. The van der Waals surface area contributed by atoms with E-state index >= 15 is 0 Å². The van der Waals surface area contributed by atoms with Gasteiger partial charge in [0.15, 0.2) is 5.78 Å². The summed E-state index contributed by atoms with van der Waals surface area (Å²) in [5.41, 5.74) is 2.13. The minimum Gasteiger partial charge on any atom is -0.462 e. The number of allylic oxidation sites excluding steroid dienone is 4. The zero-order valence-corrected chi connectivity index (χ0v) is 27.5. The third kappa shape index (κ3) is 11.4. The lowest BCUT2D eigenvalue weighted by Gasteiger charge is -2.34. The van der Waals surface area contributed by atoms with Crippen LogP contribution in [0.25, 0.3) is 0 Å². The van der Waals surface area contributed by atoms with Crippen LogP contribution in [0.2, 0.25) is 5.02 Å². The van der Waals surface area contributed by atoms with Gasteiger partial charge in [0.05, 0.1) is 0 Å². The summed E-state index contributed by atoms with van der Waals surface area (Å²) in [6, 6.07) is 5.69. The number of ether oxygens (including phenoxy) is 2. The highest BCUT2D eigenvalue weighted by Gasteiger charge is 2.25. The van der Waals surface area contributed by atoms with E-state index in [4.69, 9.17) is 21.1 Å². The highest BCUT2D eigenvalue weighted by atomic mass is 35.5. The Balaban J connectivity index is 1.17. The second-order valence-corrected chi connectivity index (χ2v) is 13.2. The number of hydrogen-bond donors (Lipinski definition) is 2. The lowest BCUT2D eigenvalue weighted by Crippen LogP contribution is -2.38. The van der Waals surface area contributed by atoms with Crippen LogP contribution in [-0.4, -0.2) is 72.5 Å². The average molecular weight is 639 g/mol. The zero-order chi connectivity index (χ0) is 32.2. The van der Waals surface area contributed by atoms with Crippen LogP contribution in [0.3, 0.4) is 0 Å². The van der Waals surface area contributed by atoms with E-state index < -0.39 is 5.60 Å². The number of halogens is 1. The Morgan fingerprint density at radius 1 is 1.04 bits per heavy atom. The molecule has 0 atom stereocenters. The molecule has 4 rings (SSSR count). The molecular weight excluding hydrogens is 592 g/mol. The summed E-state index contributed by atoms with van der Waals surface area (Å²) < 4.78 is 10.9. The lowest BCUT2D eigenvalue weighted by molar-refractivity contribution is -0.114. The van der Waals surface area contributed by atoms with Gasteiger partial charge in [0.1, 0.15) is 17.6 Å². The summed E-state index contributed by atoms with van der Waals surface area (Å²) in [6.45, 7) is 10.3. The predicted molar refractivity (Wildman–Crippen MR) is 177 cm³/mol. The number of likely N-dealkylation sites (tertiary alicyclic amines) is 1. The molecule has 9 nitrogen and oxygen atoms in total. The molecule has 0 bridgehead atoms. The van der Waals surface area contributed by atoms with Gasteiger partial charge < -0.3 is 29.9 Å². The maximum atomic E-state index is 13.2. The number of benzene rings is 1. The molecule has 2 N–H and O–H groups in total. The quantitative estimate of drug-likeness (QED) is 0.240. The number of carbonyl (C=O) groups excluding carboxylic acids is 3. The Hall–Kier alpha value is -3.56. The van der Waals surface area contributed by atoms with Gasteiger partial charge in [-0.2, -0.15) is 0 Å². The summed E-state index contributed by atoms with van der Waals surface area (Å²) in [7, 11) is 0. The standard InChI is InChI=1S/C35H47ClN4O5/c1-35(2,3)45-34(43)38-16-7-5-4-6-15-37-33(42)31-24-28(36)11-12-30(31)26-13-17-39(18-14-26)19-20-40-21-22-44-32(25-40)27-9-8-10-29(41)23-27/h8-12,21-22,24-26H,4-7,13-20,23H2,1-3H3,(H,37,42)(H,38,43). The normalized spacial score (nSPS) is 17.4. The van der Waals surface area contributed by atoms with Crippen molar-refractivity contribution in [3.63, 3.8) is 0 Å². The molecule has 0 saturated carbocycles. The number of alkyl carbamates (subject to hydrolysis) is 1. The fourth-order valence-electron chi connectivity index (χ4n) is 5.66. The van der Waals surface area contributed by atoms with E-state index in [0.717, 1.165) is 81.6 Å². The van der Waals surface area contributed by atoms with Crippen LogP contribution in [0.4, 0.5) is 4.79 Å². The Kier molecular flexibility index (Phi) is 12.7. The van der Waals surface area contributed by atoms with Crippen molar-refractivity contribution in [3.05, 3.63) is 82.6 Å². The van der Waals surface area contributed by atoms with Gasteiger partial charge in [0.25, 0.3) is 5.91 Å². The van der Waals surface area contributed by atoms with E-state index in [0.29, 0.717) is 36.0 Å². The predicted octanol–water partition coefficient (Wildman–Crippen LogP) is 6.43. The van der Waals surface area contributed by atoms with Crippen molar-refractivity contribution >= 4 is 29.4 Å². The molecule has 45 heavy (non-hydrogen) atoms. The van der Waals surface area contributed by atoms with Gasteiger partial charge >= 0.3 is 6.09 Å². The average Bonchev–Trinajstić information content (AvgIpc) is 3.01. The van der Waals surface area contributed by atoms with E-state index in [1.165, 1.54) is 0 Å². The van der Waals surface area contributed by atoms with Crippen LogP contribution in [0.5, 0.6) is 0 Å². The van der Waals surface area contributed by atoms with Crippen LogP contribution in [0.1, 0.15) is 87.6 Å². The first-order chi connectivity index (χ1) is 21.6. The molecule has 0 aromatic heterocycles. The lowest BCUT2D eigenvalue weighted by atomic mass is 9.86. The Bertz CT molecular complexity index is 1320. The number of unbranched alkanes of at least 4 members (excludes halogenated alkanes) is 3. The highest BCUT2D eigenvalue weighted by molar-refractivity contribution is 6.31. The number of nitrogens with zero attached hydrogens (tertiary/aromatic N) is 2. The molecule has 0 radical (unpaired) electrons. The molecular formula is C35H47ClN4O5. The van der Waals surface area contributed by atoms with Gasteiger partial charge in [-0.1, -0.05) is 42.7 Å². The third-order valence-electron chi connectivity index (χ3n) is 8.01. The Morgan fingerprint density at radius 3 is 2.49 bits per heavy atom. The highest BCUT2D eigenvalue weighted by Crippen LogP contribution is 2.32. The molecule has 0 unspecified atom stereocenters. The van der Waals surface area contributed by atoms with Crippen LogP contribution >= 0.6 is 11.6 Å². The van der Waals surface area contributed by atoms with Crippen molar-refractivity contribution in [2.45, 2.75) is 77.2 Å². The first-order valence-corrected chi connectivity index (χ1v) is 16.4. The smallest absolute Gasteiger partial charge is 0.407 e. The molecule has 2 aliphatic heterocycles. The Morgan fingerprint density at radius 2 is 1.78 bits per heavy atom. The van der Waals surface area contributed by atoms with Crippen molar-refractivity contribution < 1.29 is 23.9 Å². The first-order valence-electron chi connectivity index (χ1n) is 16.1. The topological polar surface area (TPSA) is 100 Å². The summed E-state index contributed by atoms with van der Waals surface area (Å²) >= 11 is 6.32. The molecule has 1 aliphatic carbocycles. The fraction of sp³-hybridized carbons (Fsp3) is 0.514. The van der Waals surface area contributed by atoms with E-state index in [2.05, 4.69) is 20.4 Å². The van der Waals surface area contributed by atoms with Gasteiger partial charge in [-0.3, -0.25) is 9.59 Å². The molecule has 244 valence electrons. The van der Waals surface area contributed by atoms with Gasteiger partial charge in [0, 0.05) is 61.2 Å². The SMILES string of the molecule is CC(C)(C)OC(=O)NCCCCCCNC(=O)c1cc(Cl)ccc1C1CCN(CCN2C=COC(C3=CC=CC(=O)C3)=C2)CC1. The van der Waals surface area contributed by atoms with E-state index in [1.807, 2.05) is 51.4 Å². The molecule has 1 aromatic carbocycles. The second kappa shape index (κ2) is 16.7. The monoisotopic (exact) mass is 638 g/mol. The minimum atomic E-state index is -0.497. The molecule has 2 amide bonds. The van der Waals surface area contributed by atoms with Gasteiger partial charge in [0.2, 0.25) is 0 Å². The van der Waals surface area contributed by atoms with Gasteiger partial charge in [-0.15, -0.1) is 0 Å². The first kappa shape index (κ1) is 34.3. The summed E-state index contributed by atoms with van der Waals surface area (Å²) in [6.07, 6.45) is 16.4. The maximum absolute atomic E-state index is 13.2. The fourth-order valence-corrected chi connectivity index (χ4v) is 5.83. The minimum absolute atomic E-state index is 0.0755. The van der Waals surface area contributed by atoms with Crippen LogP contribution < -0.4 is 10.6 Å². The Labute approximate surface area is 272 Å². The largest absolute Gasteiger partial charge is 0.462 e. The third-order valence-corrected chi connectivity index (χ3v) is 8.25. The van der Waals surface area contributed by atoms with Crippen molar-refractivity contribution in [1.82, 2.24) is 20.4 Å². The van der Waals surface area contributed by atoms with E-state index in [9.17, 15) is 14.4 Å². The number of carbonyl (C=O) groups is 3. The molecule has 1 fully saturated rings. The summed E-state index contributed by atoms with van der Waals surface area (Å²) in [5, 5.41) is 6.43. The second-order valence-electron chi connectivity index (χ2n) is 12.8. The van der Waals surface area contributed by atoms with Gasteiger partial charge in [-0.05, 0) is 89.2 Å². The van der Waals surface area contributed by atoms with Crippen molar-refractivity contribution in [3.8, 4) is 0 Å². The number of piperidine rings is 1. The number of nitrogens with one attached hydrogen (secondary N) is 2. The number of rotatable bonds is 13. The molecule has 1 aromatic rings. The zero-order valence-electron chi connectivity index (χ0n) is 26.8. The molecule has 0 spiro atoms. The molecule has 10 heteroatoms. The van der Waals surface area contributed by atoms with Crippen LogP contribution in [0, 0.1) is 0 Å². The molecule has 2 heterocycles. The van der Waals surface area contributed by atoms with Crippen molar-refractivity contribution in [2.75, 3.05) is 39.3 Å². The molecule has 3 aliphatic rings. The van der Waals surface area contributed by atoms with Crippen molar-refractivity contribution in [1.29, 1.82) is 0 Å². The number of ketones is 1. The van der Waals surface area contributed by atoms with E-state index in [-0.39, 0.29) is 17.8 Å². The summed E-state index contributed by atoms with van der Waals surface area (Å²) in [5.74, 6) is 1.03. The van der Waals surface area contributed by atoms with E-state index in [1.54, 1.807) is 24.5 Å². The van der Waals surface area contributed by atoms with Crippen molar-refractivity contribution in [2.24, 2.45) is 0 Å². The number of hydrogen-bond acceptors (Lipinski definition) is 7. The maximum Gasteiger partial charge on any atom is 0.407 e. The van der Waals surface area contributed by atoms with Crippen LogP contribution in [-0.2, 0) is 14.3 Å². The molecule has 1 saturated heterocycles. The number of amides is 2. The van der Waals surface area contributed by atoms with Gasteiger partial charge in [-0.25, -0.2) is 4.79 Å². The van der Waals surface area contributed by atoms with Crippen LogP contribution in [0.15, 0.2) is 66.4 Å².